The Hall–Kier alpha value is -3.19. The maximum absolute atomic E-state index is 11.3. The zero-order valence-corrected chi connectivity index (χ0v) is 17.5. The molecule has 0 fully saturated rings. The lowest BCUT2D eigenvalue weighted by Gasteiger charge is -2.08. The summed E-state index contributed by atoms with van der Waals surface area (Å²) < 4.78 is 13.8. The topological polar surface area (TPSA) is 65.2 Å². The Morgan fingerprint density at radius 3 is 2.52 bits per heavy atom. The molecule has 150 valence electrons. The maximum atomic E-state index is 11.3. The highest BCUT2D eigenvalue weighted by Crippen LogP contribution is 2.16. The van der Waals surface area contributed by atoms with E-state index < -0.39 is 5.97 Å². The molecule has 1 heterocycles. The first kappa shape index (κ1) is 20.5. The number of carbonyl (C=O) groups excluding carboxylic acids is 1. The lowest BCUT2D eigenvalue weighted by molar-refractivity contribution is -0.139. The molecule has 6 nitrogen and oxygen atoms in total. The molecule has 0 bridgehead atoms. The molecule has 0 aliphatic carbocycles. The summed E-state index contributed by atoms with van der Waals surface area (Å²) in [6.45, 7) is 7.52. The van der Waals surface area contributed by atoms with Crippen molar-refractivity contribution in [2.24, 2.45) is 17.3 Å². The van der Waals surface area contributed by atoms with E-state index in [2.05, 4.69) is 28.9 Å². The fourth-order valence-corrected chi connectivity index (χ4v) is 3.53. The summed E-state index contributed by atoms with van der Waals surface area (Å²) in [5.74, 6) is 0.285. The van der Waals surface area contributed by atoms with Crippen molar-refractivity contribution in [2.45, 2.75) is 13.8 Å². The molecule has 7 heteroatoms. The minimum Gasteiger partial charge on any atom is -0.490 e. The first-order chi connectivity index (χ1) is 14.0. The molecule has 0 saturated carbocycles. The lowest BCUT2D eigenvalue weighted by atomic mass is 10.1. The monoisotopic (exact) mass is 409 g/mol. The van der Waals surface area contributed by atoms with Gasteiger partial charge in [0.2, 0.25) is 4.80 Å². The van der Waals surface area contributed by atoms with Crippen molar-refractivity contribution in [3.63, 3.8) is 0 Å². The third-order valence-corrected chi connectivity index (χ3v) is 5.31. The molecule has 0 unspecified atom stereocenters. The van der Waals surface area contributed by atoms with Crippen LogP contribution in [0.15, 0.2) is 70.9 Å². The number of hydrogen-bond acceptors (Lipinski definition) is 6. The van der Waals surface area contributed by atoms with Crippen molar-refractivity contribution in [1.82, 2.24) is 4.57 Å². The predicted octanol–water partition coefficient (Wildman–Crippen LogP) is 4.06. The first-order valence-corrected chi connectivity index (χ1v) is 9.96. The minimum atomic E-state index is -0.411. The molecule has 3 rings (SSSR count). The Morgan fingerprint density at radius 1 is 1.10 bits per heavy atom. The number of para-hydroxylation sites is 1. The van der Waals surface area contributed by atoms with Gasteiger partial charge >= 0.3 is 5.97 Å². The number of carbonyl (C=O) groups is 1. The van der Waals surface area contributed by atoms with Gasteiger partial charge in [0.15, 0.2) is 0 Å². The number of benzene rings is 2. The van der Waals surface area contributed by atoms with Gasteiger partial charge in [-0.1, -0.05) is 30.0 Å². The van der Waals surface area contributed by atoms with Crippen molar-refractivity contribution < 1.29 is 14.3 Å². The summed E-state index contributed by atoms with van der Waals surface area (Å²) in [5.41, 5.74) is 3.28. The summed E-state index contributed by atoms with van der Waals surface area (Å²) in [7, 11) is 1.99. The molecule has 0 spiro atoms. The number of esters is 1. The van der Waals surface area contributed by atoms with Crippen LogP contribution in [0.2, 0.25) is 0 Å². The van der Waals surface area contributed by atoms with E-state index in [0.29, 0.717) is 11.3 Å². The van der Waals surface area contributed by atoms with Crippen molar-refractivity contribution in [2.75, 3.05) is 13.2 Å². The van der Waals surface area contributed by atoms with Gasteiger partial charge in [0.05, 0.1) is 15.9 Å². The van der Waals surface area contributed by atoms with E-state index in [-0.39, 0.29) is 13.2 Å². The van der Waals surface area contributed by atoms with Crippen LogP contribution in [0.4, 0.5) is 0 Å². The Morgan fingerprint density at radius 2 is 1.83 bits per heavy atom. The summed E-state index contributed by atoms with van der Waals surface area (Å²) >= 11 is 1.61. The van der Waals surface area contributed by atoms with Crippen molar-refractivity contribution in [1.29, 1.82) is 0 Å². The van der Waals surface area contributed by atoms with Crippen LogP contribution in [0, 0.1) is 0 Å². The van der Waals surface area contributed by atoms with Gasteiger partial charge in [-0.3, -0.25) is 0 Å². The molecule has 1 aromatic heterocycles. The van der Waals surface area contributed by atoms with Crippen LogP contribution in [0.5, 0.6) is 5.75 Å². The zero-order valence-electron chi connectivity index (χ0n) is 16.7. The van der Waals surface area contributed by atoms with Crippen molar-refractivity contribution >= 4 is 33.2 Å². The van der Waals surface area contributed by atoms with Crippen LogP contribution in [-0.2, 0) is 16.6 Å². The third kappa shape index (κ3) is 5.20. The van der Waals surface area contributed by atoms with Gasteiger partial charge in [0.1, 0.15) is 19.0 Å². The second-order valence-corrected chi connectivity index (χ2v) is 7.49. The molecule has 29 heavy (non-hydrogen) atoms. The molecular weight excluding hydrogens is 386 g/mol. The molecular formula is C22H23N3O3S. The fourth-order valence-electron chi connectivity index (χ4n) is 2.56. The second-order valence-electron chi connectivity index (χ2n) is 6.49. The maximum Gasteiger partial charge on any atom is 0.333 e. The fraction of sp³-hybridized carbons (Fsp3) is 0.227. The van der Waals surface area contributed by atoms with E-state index in [0.717, 1.165) is 21.6 Å². The number of aromatic nitrogens is 1. The van der Waals surface area contributed by atoms with Crippen LogP contribution in [-0.4, -0.2) is 29.5 Å². The first-order valence-electron chi connectivity index (χ1n) is 9.14. The molecule has 0 aliphatic rings. The average molecular weight is 410 g/mol. The summed E-state index contributed by atoms with van der Waals surface area (Å²) in [5, 5.41) is 8.80. The van der Waals surface area contributed by atoms with Gasteiger partial charge in [-0.15, -0.1) is 5.10 Å². The Balaban J connectivity index is 1.63. The van der Waals surface area contributed by atoms with Crippen molar-refractivity contribution in [3.8, 4) is 5.75 Å². The number of thiazole rings is 1. The average Bonchev–Trinajstić information content (AvgIpc) is 3.05. The van der Waals surface area contributed by atoms with Crippen LogP contribution in [0.25, 0.3) is 10.2 Å². The normalized spacial score (nSPS) is 12.2. The molecule has 0 saturated heterocycles. The van der Waals surface area contributed by atoms with E-state index in [1.807, 2.05) is 54.9 Å². The Kier molecular flexibility index (Phi) is 6.61. The van der Waals surface area contributed by atoms with E-state index in [9.17, 15) is 4.79 Å². The lowest BCUT2D eigenvalue weighted by Crippen LogP contribution is -2.12. The largest absolute Gasteiger partial charge is 0.490 e. The van der Waals surface area contributed by atoms with Crippen LogP contribution in [0.3, 0.4) is 0 Å². The molecule has 3 aromatic rings. The number of aryl methyl sites for hydroxylation is 1. The molecule has 0 aliphatic heterocycles. The Bertz CT molecular complexity index is 1120. The van der Waals surface area contributed by atoms with Gasteiger partial charge in [-0.05, 0) is 55.8 Å². The second kappa shape index (κ2) is 9.34. The molecule has 2 aromatic carbocycles. The van der Waals surface area contributed by atoms with Crippen LogP contribution < -0.4 is 9.54 Å². The highest BCUT2D eigenvalue weighted by molar-refractivity contribution is 7.16. The number of fused-ring (bicyclic) bond motifs is 1. The van der Waals surface area contributed by atoms with Crippen LogP contribution >= 0.6 is 11.3 Å². The summed E-state index contributed by atoms with van der Waals surface area (Å²) in [4.78, 5) is 12.2. The van der Waals surface area contributed by atoms with Gasteiger partial charge in [0.25, 0.3) is 0 Å². The SMILES string of the molecule is C=C(C)C(=O)OCCOc1ccc(/C(C)=N\N=c2/sc3ccccc3n2C)cc1. The van der Waals surface area contributed by atoms with Gasteiger partial charge < -0.3 is 14.0 Å². The van der Waals surface area contributed by atoms with Gasteiger partial charge in [-0.2, -0.15) is 5.10 Å². The van der Waals surface area contributed by atoms with E-state index in [1.165, 1.54) is 4.70 Å². The molecule has 0 N–H and O–H groups in total. The highest BCUT2D eigenvalue weighted by Gasteiger charge is 2.04. The minimum absolute atomic E-state index is 0.180. The molecule has 0 amide bonds. The van der Waals surface area contributed by atoms with Crippen LogP contribution in [0.1, 0.15) is 19.4 Å². The van der Waals surface area contributed by atoms with Gasteiger partial charge in [0, 0.05) is 12.6 Å². The Labute approximate surface area is 173 Å². The van der Waals surface area contributed by atoms with Gasteiger partial charge in [-0.25, -0.2) is 4.79 Å². The highest BCUT2D eigenvalue weighted by atomic mass is 32.1. The summed E-state index contributed by atoms with van der Waals surface area (Å²) in [6, 6.07) is 15.7. The van der Waals surface area contributed by atoms with E-state index >= 15 is 0 Å². The quantitative estimate of drug-likeness (QED) is 0.194. The number of ether oxygens (including phenoxy) is 2. The summed E-state index contributed by atoms with van der Waals surface area (Å²) in [6.07, 6.45) is 0. The predicted molar refractivity (Wildman–Crippen MR) is 116 cm³/mol. The standard InChI is InChI=1S/C22H23N3O3S/c1-15(2)21(26)28-14-13-27-18-11-9-17(10-12-18)16(3)23-24-22-25(4)19-7-5-6-8-20(19)29-22/h5-12H,1,13-14H2,2-4H3/b23-16-,24-22-. The smallest absolute Gasteiger partial charge is 0.333 e. The number of nitrogens with zero attached hydrogens (tertiary/aromatic N) is 3. The number of rotatable bonds is 7. The number of hydrogen-bond donors (Lipinski definition) is 0. The van der Waals surface area contributed by atoms with E-state index in [1.54, 1.807) is 18.3 Å². The van der Waals surface area contributed by atoms with E-state index in [4.69, 9.17) is 9.47 Å². The third-order valence-electron chi connectivity index (χ3n) is 4.21. The molecule has 0 radical (unpaired) electrons. The molecule has 0 atom stereocenters. The zero-order chi connectivity index (χ0) is 20.8. The van der Waals surface area contributed by atoms with Crippen molar-refractivity contribution in [3.05, 3.63) is 71.0 Å².